The van der Waals surface area contributed by atoms with Crippen molar-refractivity contribution in [3.8, 4) is 0 Å². The zero-order chi connectivity index (χ0) is 14.2. The standard InChI is InChI=1S/C16H21NO2/c1-10(2)11-5-6-14-12(7-11)13(9-17-14)16(3,4)8-15(18)19/h5-7,9-10,17H,8H2,1-4H3,(H,18,19). The van der Waals surface area contributed by atoms with Crippen LogP contribution < -0.4 is 0 Å². The molecule has 1 aromatic heterocycles. The Morgan fingerprint density at radius 1 is 1.37 bits per heavy atom. The molecule has 0 aliphatic rings. The summed E-state index contributed by atoms with van der Waals surface area (Å²) in [6, 6.07) is 6.37. The summed E-state index contributed by atoms with van der Waals surface area (Å²) in [6.45, 7) is 8.28. The Balaban J connectivity index is 2.54. The van der Waals surface area contributed by atoms with Crippen LogP contribution in [0.1, 0.15) is 51.2 Å². The molecule has 0 fully saturated rings. The number of aromatic nitrogens is 1. The summed E-state index contributed by atoms with van der Waals surface area (Å²) in [6.07, 6.45) is 2.07. The molecule has 2 N–H and O–H groups in total. The summed E-state index contributed by atoms with van der Waals surface area (Å²) in [5, 5.41) is 10.2. The zero-order valence-electron chi connectivity index (χ0n) is 11.9. The van der Waals surface area contributed by atoms with Crippen LogP contribution in [0.2, 0.25) is 0 Å². The molecule has 0 saturated heterocycles. The highest BCUT2D eigenvalue weighted by atomic mass is 16.4. The first-order valence-electron chi connectivity index (χ1n) is 6.64. The second-order valence-electron chi connectivity index (χ2n) is 6.12. The largest absolute Gasteiger partial charge is 0.481 e. The van der Waals surface area contributed by atoms with Crippen LogP contribution in [0, 0.1) is 0 Å². The van der Waals surface area contributed by atoms with Gasteiger partial charge in [-0.2, -0.15) is 0 Å². The molecule has 0 spiro atoms. The molecule has 1 heterocycles. The summed E-state index contributed by atoms with van der Waals surface area (Å²) >= 11 is 0. The van der Waals surface area contributed by atoms with Crippen molar-refractivity contribution < 1.29 is 9.90 Å². The van der Waals surface area contributed by atoms with Crippen LogP contribution in [-0.4, -0.2) is 16.1 Å². The molecule has 2 aromatic rings. The van der Waals surface area contributed by atoms with Crippen LogP contribution in [0.5, 0.6) is 0 Å². The van der Waals surface area contributed by atoms with Crippen molar-refractivity contribution in [2.24, 2.45) is 0 Å². The third-order valence-corrected chi connectivity index (χ3v) is 3.69. The molecule has 2 rings (SSSR count). The summed E-state index contributed by atoms with van der Waals surface area (Å²) in [5.41, 5.74) is 3.05. The number of carboxylic acid groups (broad SMARTS) is 1. The number of hydrogen-bond acceptors (Lipinski definition) is 1. The summed E-state index contributed by atoms with van der Waals surface area (Å²) in [5.74, 6) is -0.297. The molecular formula is C16H21NO2. The number of nitrogens with one attached hydrogen (secondary N) is 1. The number of aliphatic carboxylic acids is 1. The first-order valence-corrected chi connectivity index (χ1v) is 6.64. The number of carboxylic acids is 1. The predicted octanol–water partition coefficient (Wildman–Crippen LogP) is 4.04. The topological polar surface area (TPSA) is 53.1 Å². The highest BCUT2D eigenvalue weighted by molar-refractivity contribution is 5.86. The minimum absolute atomic E-state index is 0.131. The number of benzene rings is 1. The lowest BCUT2D eigenvalue weighted by atomic mass is 9.81. The first-order chi connectivity index (χ1) is 8.81. The van der Waals surface area contributed by atoms with Gasteiger partial charge in [0.05, 0.1) is 6.42 Å². The van der Waals surface area contributed by atoms with E-state index in [1.165, 1.54) is 5.56 Å². The highest BCUT2D eigenvalue weighted by Gasteiger charge is 2.27. The van der Waals surface area contributed by atoms with Gasteiger partial charge in [0, 0.05) is 22.5 Å². The summed E-state index contributed by atoms with van der Waals surface area (Å²) < 4.78 is 0. The van der Waals surface area contributed by atoms with E-state index >= 15 is 0 Å². The van der Waals surface area contributed by atoms with Gasteiger partial charge < -0.3 is 10.1 Å². The van der Waals surface area contributed by atoms with Crippen LogP contribution in [0.15, 0.2) is 24.4 Å². The Kier molecular flexibility index (Phi) is 3.40. The SMILES string of the molecule is CC(C)c1ccc2[nH]cc(C(C)(C)CC(=O)O)c2c1. The molecule has 1 aromatic carbocycles. The molecule has 0 aliphatic heterocycles. The van der Waals surface area contributed by atoms with Crippen molar-refractivity contribution in [2.45, 2.75) is 45.4 Å². The average molecular weight is 259 g/mol. The molecule has 102 valence electrons. The number of rotatable bonds is 4. The van der Waals surface area contributed by atoms with Gasteiger partial charge in [-0.25, -0.2) is 0 Å². The molecule has 0 unspecified atom stereocenters. The van der Waals surface area contributed by atoms with Gasteiger partial charge in [0.15, 0.2) is 0 Å². The minimum atomic E-state index is -0.764. The second kappa shape index (κ2) is 4.72. The van der Waals surface area contributed by atoms with Crippen molar-refractivity contribution in [1.82, 2.24) is 4.98 Å². The fraction of sp³-hybridized carbons (Fsp3) is 0.438. The van der Waals surface area contributed by atoms with E-state index in [-0.39, 0.29) is 11.8 Å². The first kappa shape index (κ1) is 13.7. The lowest BCUT2D eigenvalue weighted by Gasteiger charge is -2.22. The molecule has 0 saturated carbocycles. The molecule has 0 aliphatic carbocycles. The molecule has 0 atom stereocenters. The molecule has 0 amide bonds. The molecule has 3 heteroatoms. The fourth-order valence-corrected chi connectivity index (χ4v) is 2.53. The number of carbonyl (C=O) groups is 1. The van der Waals surface area contributed by atoms with Gasteiger partial charge in [0.25, 0.3) is 0 Å². The van der Waals surface area contributed by atoms with Crippen LogP contribution in [0.3, 0.4) is 0 Å². The van der Waals surface area contributed by atoms with E-state index in [0.717, 1.165) is 16.5 Å². The monoisotopic (exact) mass is 259 g/mol. The molecule has 0 radical (unpaired) electrons. The Labute approximate surface area is 113 Å². The quantitative estimate of drug-likeness (QED) is 0.870. The zero-order valence-corrected chi connectivity index (χ0v) is 11.9. The molecule has 19 heavy (non-hydrogen) atoms. The van der Waals surface area contributed by atoms with Crippen molar-refractivity contribution in [1.29, 1.82) is 0 Å². The van der Waals surface area contributed by atoms with Crippen LogP contribution in [0.25, 0.3) is 10.9 Å². The third-order valence-electron chi connectivity index (χ3n) is 3.69. The van der Waals surface area contributed by atoms with Crippen molar-refractivity contribution in [3.63, 3.8) is 0 Å². The average Bonchev–Trinajstić information content (AvgIpc) is 2.69. The maximum Gasteiger partial charge on any atom is 0.304 e. The lowest BCUT2D eigenvalue weighted by molar-refractivity contribution is -0.138. The van der Waals surface area contributed by atoms with Crippen LogP contribution in [-0.2, 0) is 10.2 Å². The number of hydrogen-bond donors (Lipinski definition) is 2. The Morgan fingerprint density at radius 3 is 2.63 bits per heavy atom. The maximum atomic E-state index is 11.0. The Hall–Kier alpha value is -1.77. The van der Waals surface area contributed by atoms with E-state index < -0.39 is 5.97 Å². The van der Waals surface area contributed by atoms with Crippen molar-refractivity contribution in [2.75, 3.05) is 0 Å². The second-order valence-corrected chi connectivity index (χ2v) is 6.12. The van der Waals surface area contributed by atoms with E-state index in [1.54, 1.807) is 0 Å². The van der Waals surface area contributed by atoms with E-state index in [0.29, 0.717) is 5.92 Å². The van der Waals surface area contributed by atoms with Crippen molar-refractivity contribution in [3.05, 3.63) is 35.5 Å². The van der Waals surface area contributed by atoms with E-state index in [1.807, 2.05) is 20.0 Å². The molecule has 3 nitrogen and oxygen atoms in total. The van der Waals surface area contributed by atoms with Gasteiger partial charge in [-0.15, -0.1) is 0 Å². The summed E-state index contributed by atoms with van der Waals surface area (Å²) in [7, 11) is 0. The normalized spacial score (nSPS) is 12.3. The third kappa shape index (κ3) is 2.65. The fourth-order valence-electron chi connectivity index (χ4n) is 2.53. The molecular weight excluding hydrogens is 238 g/mol. The van der Waals surface area contributed by atoms with Gasteiger partial charge >= 0.3 is 5.97 Å². The molecule has 0 bridgehead atoms. The smallest absolute Gasteiger partial charge is 0.304 e. The van der Waals surface area contributed by atoms with Gasteiger partial charge in [0.2, 0.25) is 0 Å². The van der Waals surface area contributed by atoms with Crippen molar-refractivity contribution >= 4 is 16.9 Å². The van der Waals surface area contributed by atoms with Gasteiger partial charge in [-0.3, -0.25) is 4.79 Å². The maximum absolute atomic E-state index is 11.0. The lowest BCUT2D eigenvalue weighted by Crippen LogP contribution is -2.21. The van der Waals surface area contributed by atoms with E-state index in [4.69, 9.17) is 5.11 Å². The number of fused-ring (bicyclic) bond motifs is 1. The predicted molar refractivity (Wildman–Crippen MR) is 77.7 cm³/mol. The number of H-pyrrole nitrogens is 1. The van der Waals surface area contributed by atoms with E-state index in [2.05, 4.69) is 37.0 Å². The summed E-state index contributed by atoms with van der Waals surface area (Å²) in [4.78, 5) is 14.3. The Morgan fingerprint density at radius 2 is 2.05 bits per heavy atom. The van der Waals surface area contributed by atoms with E-state index in [9.17, 15) is 4.79 Å². The minimum Gasteiger partial charge on any atom is -0.481 e. The van der Waals surface area contributed by atoms with Gasteiger partial charge in [-0.05, 0) is 29.2 Å². The van der Waals surface area contributed by atoms with Crippen LogP contribution in [0.4, 0.5) is 0 Å². The Bertz CT molecular complexity index is 608. The highest BCUT2D eigenvalue weighted by Crippen LogP contribution is 2.34. The van der Waals surface area contributed by atoms with Gasteiger partial charge in [0.1, 0.15) is 0 Å². The number of aromatic amines is 1. The van der Waals surface area contributed by atoms with Crippen LogP contribution >= 0.6 is 0 Å². The van der Waals surface area contributed by atoms with Gasteiger partial charge in [-0.1, -0.05) is 33.8 Å².